The molecule has 0 radical (unpaired) electrons. The molecular weight excluding hydrogens is 390 g/mol. The van der Waals surface area contributed by atoms with Crippen molar-refractivity contribution >= 4 is 29.1 Å². The SMILES string of the molecule is CN(CC(=O)Nc1ccccc1Cl)C(=O)CN1CCN(Cc2ccncc2)CC1. The van der Waals surface area contributed by atoms with E-state index in [0.29, 0.717) is 17.3 Å². The number of hydrogen-bond acceptors (Lipinski definition) is 5. The van der Waals surface area contributed by atoms with E-state index in [-0.39, 0.29) is 18.4 Å². The van der Waals surface area contributed by atoms with Crippen molar-refractivity contribution in [1.29, 1.82) is 0 Å². The lowest BCUT2D eigenvalue weighted by Gasteiger charge is -2.35. The van der Waals surface area contributed by atoms with Gasteiger partial charge in [-0.25, -0.2) is 0 Å². The first-order chi connectivity index (χ1) is 14.0. The number of aromatic nitrogens is 1. The monoisotopic (exact) mass is 415 g/mol. The average molecular weight is 416 g/mol. The number of carbonyl (C=O) groups excluding carboxylic acids is 2. The van der Waals surface area contributed by atoms with Gasteiger partial charge in [0.05, 0.1) is 23.8 Å². The molecule has 1 aliphatic rings. The number of benzene rings is 1. The molecule has 1 aromatic heterocycles. The van der Waals surface area contributed by atoms with Crippen LogP contribution in [0.5, 0.6) is 0 Å². The molecule has 2 heterocycles. The van der Waals surface area contributed by atoms with Crippen molar-refractivity contribution in [3.05, 3.63) is 59.4 Å². The van der Waals surface area contributed by atoms with Crippen LogP contribution in [-0.2, 0) is 16.1 Å². The molecule has 7 nitrogen and oxygen atoms in total. The van der Waals surface area contributed by atoms with Crippen LogP contribution in [0.15, 0.2) is 48.8 Å². The fraction of sp³-hybridized carbons (Fsp3) is 0.381. The number of nitrogens with one attached hydrogen (secondary N) is 1. The molecule has 154 valence electrons. The number of nitrogens with zero attached hydrogens (tertiary/aromatic N) is 4. The van der Waals surface area contributed by atoms with Gasteiger partial charge < -0.3 is 10.2 Å². The summed E-state index contributed by atoms with van der Waals surface area (Å²) in [4.78, 5) is 34.7. The molecule has 0 atom stereocenters. The molecule has 29 heavy (non-hydrogen) atoms. The van der Waals surface area contributed by atoms with E-state index in [1.165, 1.54) is 10.5 Å². The Morgan fingerprint density at radius 3 is 2.41 bits per heavy atom. The van der Waals surface area contributed by atoms with Crippen LogP contribution in [0.3, 0.4) is 0 Å². The van der Waals surface area contributed by atoms with E-state index in [0.717, 1.165) is 32.7 Å². The summed E-state index contributed by atoms with van der Waals surface area (Å²) in [5, 5.41) is 3.21. The number of likely N-dealkylation sites (N-methyl/N-ethyl adjacent to an activating group) is 1. The number of halogens is 1. The van der Waals surface area contributed by atoms with Gasteiger partial charge in [0, 0.05) is 52.2 Å². The maximum Gasteiger partial charge on any atom is 0.244 e. The lowest BCUT2D eigenvalue weighted by atomic mass is 10.2. The molecule has 1 N–H and O–H groups in total. The van der Waals surface area contributed by atoms with Crippen molar-refractivity contribution < 1.29 is 9.59 Å². The van der Waals surface area contributed by atoms with Crippen molar-refractivity contribution in [3.8, 4) is 0 Å². The summed E-state index contributed by atoms with van der Waals surface area (Å²) in [6, 6.07) is 11.1. The highest BCUT2D eigenvalue weighted by Crippen LogP contribution is 2.20. The summed E-state index contributed by atoms with van der Waals surface area (Å²) in [6.07, 6.45) is 3.62. The second kappa shape index (κ2) is 10.3. The topological polar surface area (TPSA) is 68.8 Å². The Balaban J connectivity index is 1.40. The van der Waals surface area contributed by atoms with E-state index in [4.69, 9.17) is 11.6 Å². The second-order valence-corrected chi connectivity index (χ2v) is 7.59. The van der Waals surface area contributed by atoms with Gasteiger partial charge in [0.15, 0.2) is 0 Å². The van der Waals surface area contributed by atoms with Crippen molar-refractivity contribution in [1.82, 2.24) is 19.7 Å². The third-order valence-electron chi connectivity index (χ3n) is 4.93. The number of rotatable bonds is 7. The number of piperazine rings is 1. The number of anilines is 1. The van der Waals surface area contributed by atoms with Gasteiger partial charge in [-0.05, 0) is 29.8 Å². The predicted octanol–water partition coefficient (Wildman–Crippen LogP) is 1.95. The Hall–Kier alpha value is -2.48. The summed E-state index contributed by atoms with van der Waals surface area (Å²) in [5.41, 5.74) is 1.79. The highest BCUT2D eigenvalue weighted by Gasteiger charge is 2.21. The Morgan fingerprint density at radius 1 is 1.07 bits per heavy atom. The van der Waals surface area contributed by atoms with Gasteiger partial charge >= 0.3 is 0 Å². The molecule has 0 spiro atoms. The smallest absolute Gasteiger partial charge is 0.244 e. The minimum absolute atomic E-state index is 0.00787. The van der Waals surface area contributed by atoms with Crippen LogP contribution >= 0.6 is 11.6 Å². The third-order valence-corrected chi connectivity index (χ3v) is 5.26. The molecule has 1 fully saturated rings. The molecule has 1 saturated heterocycles. The third kappa shape index (κ3) is 6.52. The molecular formula is C21H26ClN5O2. The molecule has 0 unspecified atom stereocenters. The maximum atomic E-state index is 12.5. The Bertz CT molecular complexity index is 825. The molecule has 0 aliphatic carbocycles. The highest BCUT2D eigenvalue weighted by molar-refractivity contribution is 6.33. The first-order valence-electron chi connectivity index (χ1n) is 9.63. The molecule has 3 rings (SSSR count). The van der Waals surface area contributed by atoms with Gasteiger partial charge in [0.2, 0.25) is 11.8 Å². The zero-order valence-electron chi connectivity index (χ0n) is 16.6. The molecule has 2 amide bonds. The van der Waals surface area contributed by atoms with E-state index in [1.54, 1.807) is 31.3 Å². The summed E-state index contributed by atoms with van der Waals surface area (Å²) in [6.45, 7) is 4.68. The largest absolute Gasteiger partial charge is 0.335 e. The quantitative estimate of drug-likeness (QED) is 0.748. The summed E-state index contributed by atoms with van der Waals surface area (Å²) in [5.74, 6) is -0.335. The summed E-state index contributed by atoms with van der Waals surface area (Å²) < 4.78 is 0. The van der Waals surface area contributed by atoms with Crippen LogP contribution in [0.25, 0.3) is 0 Å². The van der Waals surface area contributed by atoms with Gasteiger partial charge in [-0.1, -0.05) is 23.7 Å². The highest BCUT2D eigenvalue weighted by atomic mass is 35.5. The maximum absolute atomic E-state index is 12.5. The zero-order chi connectivity index (χ0) is 20.6. The number of hydrogen-bond donors (Lipinski definition) is 1. The number of carbonyl (C=O) groups is 2. The first kappa shape index (κ1) is 21.2. The van der Waals surface area contributed by atoms with E-state index in [1.807, 2.05) is 24.5 Å². The Morgan fingerprint density at radius 2 is 1.72 bits per heavy atom. The van der Waals surface area contributed by atoms with Gasteiger partial charge in [-0.15, -0.1) is 0 Å². The normalized spacial score (nSPS) is 15.1. The lowest BCUT2D eigenvalue weighted by Crippen LogP contribution is -2.49. The summed E-state index contributed by atoms with van der Waals surface area (Å²) >= 11 is 6.05. The van der Waals surface area contributed by atoms with Crippen LogP contribution in [0.4, 0.5) is 5.69 Å². The van der Waals surface area contributed by atoms with Gasteiger partial charge in [0.1, 0.15) is 0 Å². The molecule has 8 heteroatoms. The number of pyridine rings is 1. The average Bonchev–Trinajstić information content (AvgIpc) is 2.72. The summed E-state index contributed by atoms with van der Waals surface area (Å²) in [7, 11) is 1.65. The van der Waals surface area contributed by atoms with Gasteiger partial charge in [-0.2, -0.15) is 0 Å². The second-order valence-electron chi connectivity index (χ2n) is 7.19. The van der Waals surface area contributed by atoms with Crippen LogP contribution in [0, 0.1) is 0 Å². The van der Waals surface area contributed by atoms with Crippen LogP contribution in [0.2, 0.25) is 5.02 Å². The lowest BCUT2D eigenvalue weighted by molar-refractivity contribution is -0.134. The number of para-hydroxylation sites is 1. The number of amides is 2. The van der Waals surface area contributed by atoms with Crippen LogP contribution in [-0.4, -0.2) is 77.8 Å². The Kier molecular flexibility index (Phi) is 7.57. The molecule has 0 bridgehead atoms. The zero-order valence-corrected chi connectivity index (χ0v) is 17.3. The molecule has 0 saturated carbocycles. The van der Waals surface area contributed by atoms with Crippen molar-refractivity contribution in [2.75, 3.05) is 51.6 Å². The van der Waals surface area contributed by atoms with E-state index >= 15 is 0 Å². The standard InChI is InChI=1S/C21H26ClN5O2/c1-25(15-20(28)24-19-5-3-2-4-18(19)22)21(29)16-27-12-10-26(11-13-27)14-17-6-8-23-9-7-17/h2-9H,10-16H2,1H3,(H,24,28). The van der Waals surface area contributed by atoms with E-state index < -0.39 is 0 Å². The van der Waals surface area contributed by atoms with Gasteiger partial charge in [-0.3, -0.25) is 24.4 Å². The fourth-order valence-electron chi connectivity index (χ4n) is 3.22. The minimum atomic E-state index is -0.267. The molecule has 1 aliphatic heterocycles. The Labute approximate surface area is 176 Å². The van der Waals surface area contributed by atoms with Gasteiger partial charge in [0.25, 0.3) is 0 Å². The first-order valence-corrected chi connectivity index (χ1v) is 10.0. The van der Waals surface area contributed by atoms with Crippen LogP contribution in [0.1, 0.15) is 5.56 Å². The molecule has 1 aromatic carbocycles. The molecule has 2 aromatic rings. The minimum Gasteiger partial charge on any atom is -0.335 e. The van der Waals surface area contributed by atoms with Crippen LogP contribution < -0.4 is 5.32 Å². The van der Waals surface area contributed by atoms with Crippen molar-refractivity contribution in [2.45, 2.75) is 6.54 Å². The van der Waals surface area contributed by atoms with Crippen molar-refractivity contribution in [3.63, 3.8) is 0 Å². The fourth-order valence-corrected chi connectivity index (χ4v) is 3.40. The van der Waals surface area contributed by atoms with E-state index in [2.05, 4.69) is 20.1 Å². The van der Waals surface area contributed by atoms with E-state index in [9.17, 15) is 9.59 Å². The van der Waals surface area contributed by atoms with Crippen molar-refractivity contribution in [2.24, 2.45) is 0 Å². The predicted molar refractivity (Wildman–Crippen MR) is 114 cm³/mol.